The second kappa shape index (κ2) is 7.35. The number of alkyl halides is 2. The van der Waals surface area contributed by atoms with E-state index in [1.165, 1.54) is 19.2 Å². The van der Waals surface area contributed by atoms with Gasteiger partial charge in [0.2, 0.25) is 11.8 Å². The van der Waals surface area contributed by atoms with Crippen LogP contribution in [-0.4, -0.2) is 40.2 Å². The van der Waals surface area contributed by atoms with Crippen LogP contribution in [0.2, 0.25) is 0 Å². The number of aromatic nitrogens is 1. The van der Waals surface area contributed by atoms with E-state index >= 15 is 0 Å². The lowest BCUT2D eigenvalue weighted by molar-refractivity contribution is -0.133. The highest BCUT2D eigenvalue weighted by Gasteiger charge is 2.48. The fourth-order valence-corrected chi connectivity index (χ4v) is 3.45. The third kappa shape index (κ3) is 3.56. The standard InChI is InChI=1S/C20H18F2N4O2/c1-12(19(28)26-11-20(21,22)9-14(26)10-23)17-16(13-5-3-2-4-6-13)15(18(24)27)7-8-25-17/h2-8,12,14H,9,11H2,1H3,(H2,24,27)/t12-,14-/m0/s1. The summed E-state index contributed by atoms with van der Waals surface area (Å²) in [5, 5.41) is 9.17. The summed E-state index contributed by atoms with van der Waals surface area (Å²) < 4.78 is 27.5. The van der Waals surface area contributed by atoms with Gasteiger partial charge in [0.25, 0.3) is 5.92 Å². The summed E-state index contributed by atoms with van der Waals surface area (Å²) in [7, 11) is 0. The Bertz CT molecular complexity index is 956. The molecule has 2 atom stereocenters. The molecule has 3 rings (SSSR count). The van der Waals surface area contributed by atoms with E-state index in [2.05, 4.69) is 4.98 Å². The summed E-state index contributed by atoms with van der Waals surface area (Å²) in [6.45, 7) is 0.706. The normalized spacial score (nSPS) is 19.1. The Morgan fingerprint density at radius 1 is 1.32 bits per heavy atom. The van der Waals surface area contributed by atoms with Crippen molar-refractivity contribution in [2.24, 2.45) is 5.73 Å². The number of pyridine rings is 1. The molecule has 0 spiro atoms. The summed E-state index contributed by atoms with van der Waals surface area (Å²) in [4.78, 5) is 30.0. The maximum absolute atomic E-state index is 13.8. The first-order chi connectivity index (χ1) is 13.2. The Kier molecular flexibility index (Phi) is 5.10. The number of hydrogen-bond acceptors (Lipinski definition) is 4. The van der Waals surface area contributed by atoms with Gasteiger partial charge >= 0.3 is 0 Å². The van der Waals surface area contributed by atoms with Crippen LogP contribution >= 0.6 is 0 Å². The molecule has 8 heteroatoms. The number of primary amides is 1. The smallest absolute Gasteiger partial charge is 0.268 e. The zero-order chi connectivity index (χ0) is 20.5. The van der Waals surface area contributed by atoms with Crippen LogP contribution in [0.1, 0.15) is 35.3 Å². The Hall–Kier alpha value is -3.34. The van der Waals surface area contributed by atoms with E-state index in [1.807, 2.05) is 0 Å². The van der Waals surface area contributed by atoms with Gasteiger partial charge in [-0.1, -0.05) is 30.3 Å². The number of halogens is 2. The molecule has 0 radical (unpaired) electrons. The summed E-state index contributed by atoms with van der Waals surface area (Å²) in [6, 6.07) is 10.8. The zero-order valence-electron chi connectivity index (χ0n) is 15.1. The van der Waals surface area contributed by atoms with Crippen molar-refractivity contribution in [2.75, 3.05) is 6.54 Å². The molecule has 0 saturated carbocycles. The minimum atomic E-state index is -3.11. The third-order valence-electron chi connectivity index (χ3n) is 4.79. The van der Waals surface area contributed by atoms with Gasteiger partial charge in [-0.25, -0.2) is 8.78 Å². The Balaban J connectivity index is 2.06. The molecule has 0 unspecified atom stereocenters. The van der Waals surface area contributed by atoms with E-state index < -0.39 is 42.7 Å². The molecule has 1 aromatic heterocycles. The number of carbonyl (C=O) groups is 2. The van der Waals surface area contributed by atoms with Crippen LogP contribution in [0, 0.1) is 11.3 Å². The molecule has 1 fully saturated rings. The molecule has 1 aliphatic rings. The van der Waals surface area contributed by atoms with Gasteiger partial charge in [-0.05, 0) is 18.6 Å². The molecule has 144 valence electrons. The molecular weight excluding hydrogens is 366 g/mol. The summed E-state index contributed by atoms with van der Waals surface area (Å²) in [5.74, 6) is -5.39. The lowest BCUT2D eigenvalue weighted by atomic mass is 9.91. The van der Waals surface area contributed by atoms with E-state index in [1.54, 1.807) is 36.4 Å². The number of likely N-dealkylation sites (tertiary alicyclic amines) is 1. The molecule has 2 amide bonds. The number of amides is 2. The van der Waals surface area contributed by atoms with E-state index in [4.69, 9.17) is 11.0 Å². The van der Waals surface area contributed by atoms with Crippen LogP contribution in [0.4, 0.5) is 8.78 Å². The average Bonchev–Trinajstić information content (AvgIpc) is 3.01. The summed E-state index contributed by atoms with van der Waals surface area (Å²) in [6.07, 6.45) is 0.661. The van der Waals surface area contributed by atoms with Gasteiger partial charge in [0.15, 0.2) is 0 Å². The van der Waals surface area contributed by atoms with Crippen LogP contribution in [-0.2, 0) is 4.79 Å². The van der Waals surface area contributed by atoms with Gasteiger partial charge in [-0.3, -0.25) is 14.6 Å². The van der Waals surface area contributed by atoms with Crippen LogP contribution in [0.15, 0.2) is 42.6 Å². The molecule has 28 heavy (non-hydrogen) atoms. The number of carbonyl (C=O) groups excluding carboxylic acids is 2. The predicted molar refractivity (Wildman–Crippen MR) is 97.3 cm³/mol. The Morgan fingerprint density at radius 3 is 2.61 bits per heavy atom. The van der Waals surface area contributed by atoms with Crippen molar-refractivity contribution < 1.29 is 18.4 Å². The third-order valence-corrected chi connectivity index (χ3v) is 4.79. The first-order valence-electron chi connectivity index (χ1n) is 8.67. The zero-order valence-corrected chi connectivity index (χ0v) is 15.1. The lowest BCUT2D eigenvalue weighted by Gasteiger charge is -2.24. The van der Waals surface area contributed by atoms with Crippen LogP contribution in [0.3, 0.4) is 0 Å². The second-order valence-corrected chi connectivity index (χ2v) is 6.74. The van der Waals surface area contributed by atoms with E-state index in [0.717, 1.165) is 4.90 Å². The van der Waals surface area contributed by atoms with Crippen LogP contribution in [0.25, 0.3) is 11.1 Å². The quantitative estimate of drug-likeness (QED) is 0.876. The topological polar surface area (TPSA) is 100 Å². The summed E-state index contributed by atoms with van der Waals surface area (Å²) in [5.41, 5.74) is 6.94. The van der Waals surface area contributed by atoms with Crippen molar-refractivity contribution in [3.63, 3.8) is 0 Å². The minimum Gasteiger partial charge on any atom is -0.366 e. The number of nitriles is 1. The van der Waals surface area contributed by atoms with Crippen molar-refractivity contribution in [1.82, 2.24) is 9.88 Å². The Morgan fingerprint density at radius 2 is 2.00 bits per heavy atom. The fraction of sp³-hybridized carbons (Fsp3) is 0.300. The number of hydrogen-bond donors (Lipinski definition) is 1. The van der Waals surface area contributed by atoms with Crippen molar-refractivity contribution >= 4 is 11.8 Å². The molecule has 2 aromatic rings. The largest absolute Gasteiger partial charge is 0.366 e. The SMILES string of the molecule is C[C@H](C(=O)N1CC(F)(F)C[C@H]1C#N)c1nccc(C(N)=O)c1-c1ccccc1. The maximum Gasteiger partial charge on any atom is 0.268 e. The number of benzene rings is 1. The number of nitrogens with zero attached hydrogens (tertiary/aromatic N) is 3. The van der Waals surface area contributed by atoms with Gasteiger partial charge in [0, 0.05) is 18.2 Å². The molecule has 0 aliphatic carbocycles. The maximum atomic E-state index is 13.8. The van der Waals surface area contributed by atoms with Crippen LogP contribution < -0.4 is 5.73 Å². The van der Waals surface area contributed by atoms with Gasteiger partial charge in [0.1, 0.15) is 6.04 Å². The van der Waals surface area contributed by atoms with Gasteiger partial charge in [0.05, 0.1) is 29.8 Å². The molecule has 0 bridgehead atoms. The van der Waals surface area contributed by atoms with Crippen molar-refractivity contribution in [3.8, 4) is 17.2 Å². The monoisotopic (exact) mass is 384 g/mol. The van der Waals surface area contributed by atoms with E-state index in [0.29, 0.717) is 11.1 Å². The number of nitrogens with two attached hydrogens (primary N) is 1. The van der Waals surface area contributed by atoms with Gasteiger partial charge in [-0.15, -0.1) is 0 Å². The molecule has 1 aliphatic heterocycles. The molecule has 1 saturated heterocycles. The predicted octanol–water partition coefficient (Wildman–Crippen LogP) is 2.71. The Labute approximate surface area is 160 Å². The second-order valence-electron chi connectivity index (χ2n) is 6.74. The van der Waals surface area contributed by atoms with E-state index in [9.17, 15) is 18.4 Å². The minimum absolute atomic E-state index is 0.180. The first-order valence-corrected chi connectivity index (χ1v) is 8.67. The van der Waals surface area contributed by atoms with Crippen molar-refractivity contribution in [3.05, 3.63) is 53.9 Å². The highest BCUT2D eigenvalue weighted by Crippen LogP contribution is 2.36. The highest BCUT2D eigenvalue weighted by molar-refractivity contribution is 6.01. The van der Waals surface area contributed by atoms with Crippen molar-refractivity contribution in [2.45, 2.75) is 31.2 Å². The van der Waals surface area contributed by atoms with Crippen molar-refractivity contribution in [1.29, 1.82) is 5.26 Å². The molecule has 2 heterocycles. The summed E-state index contributed by atoms with van der Waals surface area (Å²) >= 11 is 0. The average molecular weight is 384 g/mol. The molecular formula is C20H18F2N4O2. The fourth-order valence-electron chi connectivity index (χ4n) is 3.45. The van der Waals surface area contributed by atoms with Gasteiger partial charge < -0.3 is 10.6 Å². The highest BCUT2D eigenvalue weighted by atomic mass is 19.3. The molecule has 6 nitrogen and oxygen atoms in total. The number of rotatable bonds is 4. The molecule has 2 N–H and O–H groups in total. The van der Waals surface area contributed by atoms with Gasteiger partial charge in [-0.2, -0.15) is 5.26 Å². The molecule has 1 aromatic carbocycles. The van der Waals surface area contributed by atoms with E-state index in [-0.39, 0.29) is 11.3 Å². The van der Waals surface area contributed by atoms with Crippen LogP contribution in [0.5, 0.6) is 0 Å². The lowest BCUT2D eigenvalue weighted by Crippen LogP contribution is -2.39. The first kappa shape index (κ1) is 19.4.